The van der Waals surface area contributed by atoms with Gasteiger partial charge in [-0.05, 0) is 48.4 Å². The van der Waals surface area contributed by atoms with Gasteiger partial charge in [0.25, 0.3) is 0 Å². The summed E-state index contributed by atoms with van der Waals surface area (Å²) >= 11 is 1.08. The van der Waals surface area contributed by atoms with Crippen molar-refractivity contribution in [1.29, 1.82) is 0 Å². The van der Waals surface area contributed by atoms with Crippen LogP contribution in [0.1, 0.15) is 34.5 Å². The maximum Gasteiger partial charge on any atom is 0.349 e. The number of nitrogens with zero attached hydrogens (tertiary/aromatic N) is 1. The number of carbonyl (C=O) groups is 1. The van der Waals surface area contributed by atoms with Crippen LogP contribution in [-0.2, 0) is 26.0 Å². The Morgan fingerprint density at radius 2 is 2.10 bits per heavy atom. The van der Waals surface area contributed by atoms with Crippen LogP contribution in [0.25, 0.3) is 0 Å². The average molecular weight is 452 g/mol. The summed E-state index contributed by atoms with van der Waals surface area (Å²) in [7, 11) is -2.58. The molecular formula is C21H25NO6S2. The van der Waals surface area contributed by atoms with Crippen LogP contribution in [0.5, 0.6) is 5.75 Å². The monoisotopic (exact) mass is 451 g/mol. The van der Waals surface area contributed by atoms with Gasteiger partial charge in [0, 0.05) is 25.1 Å². The summed E-state index contributed by atoms with van der Waals surface area (Å²) in [4.78, 5) is 12.1. The van der Waals surface area contributed by atoms with Gasteiger partial charge in [0.1, 0.15) is 15.5 Å². The van der Waals surface area contributed by atoms with Crippen molar-refractivity contribution in [2.45, 2.75) is 36.7 Å². The molecule has 2 fully saturated rings. The number of carbonyl (C=O) groups excluding carboxylic acids is 1. The fourth-order valence-corrected chi connectivity index (χ4v) is 6.47. The normalized spacial score (nSPS) is 19.2. The minimum atomic E-state index is -3.83. The van der Waals surface area contributed by atoms with E-state index in [4.69, 9.17) is 14.2 Å². The molecule has 1 aliphatic carbocycles. The third kappa shape index (κ3) is 4.69. The number of hydrogen-bond acceptors (Lipinski definition) is 7. The minimum absolute atomic E-state index is 0.0138. The van der Waals surface area contributed by atoms with Crippen LogP contribution in [0.15, 0.2) is 40.6 Å². The van der Waals surface area contributed by atoms with Crippen molar-refractivity contribution in [1.82, 2.24) is 4.31 Å². The first-order valence-electron chi connectivity index (χ1n) is 9.96. The Morgan fingerprint density at radius 3 is 2.80 bits per heavy atom. The van der Waals surface area contributed by atoms with Crippen LogP contribution < -0.4 is 4.74 Å². The number of ether oxygens (including phenoxy) is 3. The number of hydrogen-bond donors (Lipinski definition) is 0. The van der Waals surface area contributed by atoms with Gasteiger partial charge in [-0.1, -0.05) is 12.1 Å². The summed E-state index contributed by atoms with van der Waals surface area (Å²) < 4.78 is 44.3. The number of rotatable bonds is 9. The van der Waals surface area contributed by atoms with E-state index in [-0.39, 0.29) is 22.4 Å². The van der Waals surface area contributed by atoms with Gasteiger partial charge in [-0.25, -0.2) is 13.2 Å². The van der Waals surface area contributed by atoms with Crippen molar-refractivity contribution < 1.29 is 27.4 Å². The lowest BCUT2D eigenvalue weighted by molar-refractivity contribution is 0.0602. The Morgan fingerprint density at radius 1 is 1.27 bits per heavy atom. The first-order chi connectivity index (χ1) is 14.5. The summed E-state index contributed by atoms with van der Waals surface area (Å²) in [6.45, 7) is 2.31. The fraction of sp³-hybridized carbons (Fsp3) is 0.476. The molecule has 0 amide bonds. The zero-order chi connectivity index (χ0) is 21.1. The topological polar surface area (TPSA) is 82.1 Å². The van der Waals surface area contributed by atoms with Crippen molar-refractivity contribution in [3.63, 3.8) is 0 Å². The van der Waals surface area contributed by atoms with Crippen molar-refractivity contribution >= 4 is 27.3 Å². The highest BCUT2D eigenvalue weighted by atomic mass is 32.2. The molecule has 1 aromatic carbocycles. The first kappa shape index (κ1) is 21.3. The molecule has 30 heavy (non-hydrogen) atoms. The highest BCUT2D eigenvalue weighted by Crippen LogP contribution is 2.36. The Bertz CT molecular complexity index is 992. The molecule has 162 valence electrons. The first-order valence-corrected chi connectivity index (χ1v) is 12.3. The molecule has 1 aliphatic heterocycles. The molecule has 0 bridgehead atoms. The second-order valence-electron chi connectivity index (χ2n) is 7.58. The third-order valence-electron chi connectivity index (χ3n) is 5.29. The van der Waals surface area contributed by atoms with Crippen LogP contribution in [0.3, 0.4) is 0 Å². The van der Waals surface area contributed by atoms with Gasteiger partial charge in [-0.2, -0.15) is 4.31 Å². The summed E-state index contributed by atoms with van der Waals surface area (Å²) in [5.41, 5.74) is 0.848. The van der Waals surface area contributed by atoms with E-state index in [0.717, 1.165) is 55.1 Å². The summed E-state index contributed by atoms with van der Waals surface area (Å²) in [5, 5.41) is 1.60. The summed E-state index contributed by atoms with van der Waals surface area (Å²) in [6, 6.07) is 8.95. The fourth-order valence-electron chi connectivity index (χ4n) is 3.48. The molecule has 2 heterocycles. The predicted molar refractivity (Wildman–Crippen MR) is 112 cm³/mol. The van der Waals surface area contributed by atoms with E-state index >= 15 is 0 Å². The molecule has 0 radical (unpaired) electrons. The largest absolute Gasteiger partial charge is 0.493 e. The van der Waals surface area contributed by atoms with Gasteiger partial charge >= 0.3 is 5.97 Å². The number of thiophene rings is 1. The molecule has 0 N–H and O–H groups in total. The van der Waals surface area contributed by atoms with Crippen LogP contribution in [0.2, 0.25) is 0 Å². The molecule has 7 nitrogen and oxygen atoms in total. The molecule has 4 rings (SSSR count). The van der Waals surface area contributed by atoms with E-state index < -0.39 is 16.0 Å². The van der Waals surface area contributed by atoms with Crippen LogP contribution in [0, 0.1) is 5.92 Å². The Labute approximate surface area is 180 Å². The highest BCUT2D eigenvalue weighted by molar-refractivity contribution is 7.89. The molecule has 1 atom stereocenters. The molecule has 1 aromatic heterocycles. The van der Waals surface area contributed by atoms with Crippen LogP contribution in [-0.4, -0.2) is 51.7 Å². The zero-order valence-corrected chi connectivity index (χ0v) is 18.4. The van der Waals surface area contributed by atoms with Gasteiger partial charge in [0.05, 0.1) is 20.3 Å². The van der Waals surface area contributed by atoms with E-state index in [1.54, 1.807) is 5.38 Å². The molecule has 1 unspecified atom stereocenters. The molecule has 0 spiro atoms. The van der Waals surface area contributed by atoms with Crippen molar-refractivity contribution in [2.75, 3.05) is 26.9 Å². The lowest BCUT2D eigenvalue weighted by Gasteiger charge is -2.22. The van der Waals surface area contributed by atoms with Crippen molar-refractivity contribution in [3.05, 3.63) is 46.2 Å². The van der Waals surface area contributed by atoms with Crippen molar-refractivity contribution in [3.8, 4) is 5.75 Å². The molecule has 1 saturated carbocycles. The average Bonchev–Trinajstić information content (AvgIpc) is 3.22. The molecule has 2 aliphatic rings. The van der Waals surface area contributed by atoms with E-state index in [1.807, 2.05) is 24.3 Å². The number of benzene rings is 1. The van der Waals surface area contributed by atoms with Crippen LogP contribution >= 0.6 is 11.3 Å². The van der Waals surface area contributed by atoms with Gasteiger partial charge in [-0.3, -0.25) is 0 Å². The maximum absolute atomic E-state index is 13.4. The molecule has 1 saturated heterocycles. The second-order valence-corrected chi connectivity index (χ2v) is 10.4. The van der Waals surface area contributed by atoms with E-state index in [9.17, 15) is 13.2 Å². The summed E-state index contributed by atoms with van der Waals surface area (Å²) in [6.07, 6.45) is 2.63. The van der Waals surface area contributed by atoms with E-state index in [2.05, 4.69) is 0 Å². The quantitative estimate of drug-likeness (QED) is 0.544. The summed E-state index contributed by atoms with van der Waals surface area (Å²) in [5.74, 6) is 0.483. The highest BCUT2D eigenvalue weighted by Gasteiger charge is 2.40. The van der Waals surface area contributed by atoms with Gasteiger partial charge < -0.3 is 14.2 Å². The van der Waals surface area contributed by atoms with Crippen molar-refractivity contribution in [2.24, 2.45) is 5.92 Å². The maximum atomic E-state index is 13.4. The van der Waals surface area contributed by atoms with Gasteiger partial charge in [0.15, 0.2) is 0 Å². The Balaban J connectivity index is 1.52. The molecule has 2 aromatic rings. The second kappa shape index (κ2) is 9.05. The Kier molecular flexibility index (Phi) is 6.43. The number of esters is 1. The smallest absolute Gasteiger partial charge is 0.349 e. The number of methoxy groups -OCH3 is 1. The van der Waals surface area contributed by atoms with Gasteiger partial charge in [0.2, 0.25) is 10.0 Å². The van der Waals surface area contributed by atoms with Gasteiger partial charge in [-0.15, -0.1) is 11.3 Å². The number of sulfonamides is 1. The minimum Gasteiger partial charge on any atom is -0.493 e. The van der Waals surface area contributed by atoms with E-state index in [0.29, 0.717) is 12.5 Å². The SMILES string of the molecule is COC(=O)c1sccc1S(=O)(=O)N(Cc1cccc(OCC2CCOC2)c1)C1CC1. The van der Waals surface area contributed by atoms with Crippen LogP contribution in [0.4, 0.5) is 0 Å². The van der Waals surface area contributed by atoms with E-state index in [1.165, 1.54) is 17.5 Å². The standard InChI is InChI=1S/C21H25NO6S2/c1-26-21(23)20-19(8-10-29-20)30(24,25)22(17-5-6-17)12-15-3-2-4-18(11-15)28-14-16-7-9-27-13-16/h2-4,8,10-11,16-17H,5-7,9,12-14H2,1H3. The lowest BCUT2D eigenvalue weighted by Crippen LogP contribution is -2.33. The third-order valence-corrected chi connectivity index (χ3v) is 8.25. The predicted octanol–water partition coefficient (Wildman–Crippen LogP) is 3.30. The Hall–Kier alpha value is -1.94. The lowest BCUT2D eigenvalue weighted by atomic mass is 10.1. The zero-order valence-electron chi connectivity index (χ0n) is 16.8. The molecular weight excluding hydrogens is 426 g/mol. The molecule has 9 heteroatoms.